The van der Waals surface area contributed by atoms with Gasteiger partial charge in [-0.1, -0.05) is 18.2 Å². The molecule has 3 aromatic heterocycles. The quantitative estimate of drug-likeness (QED) is 0.536. The third-order valence-corrected chi connectivity index (χ3v) is 3.51. The predicted molar refractivity (Wildman–Crippen MR) is 78.0 cm³/mol. The van der Waals surface area contributed by atoms with Crippen LogP contribution in [-0.4, -0.2) is 30.1 Å². The molecule has 0 aliphatic heterocycles. The van der Waals surface area contributed by atoms with Crippen LogP contribution in [0.2, 0.25) is 0 Å². The molecular weight excluding hydrogens is 266 g/mol. The average molecular weight is 277 g/mol. The van der Waals surface area contributed by atoms with Crippen LogP contribution in [-0.2, 0) is 0 Å². The summed E-state index contributed by atoms with van der Waals surface area (Å²) < 4.78 is 3.49. The fourth-order valence-corrected chi connectivity index (χ4v) is 2.56. The lowest BCUT2D eigenvalue weighted by Crippen LogP contribution is -2.02. The Labute approximate surface area is 119 Å². The molecule has 4 rings (SSSR count). The van der Waals surface area contributed by atoms with Crippen LogP contribution in [0.25, 0.3) is 27.9 Å². The van der Waals surface area contributed by atoms with Gasteiger partial charge in [-0.25, -0.2) is 0 Å². The van der Waals surface area contributed by atoms with Crippen molar-refractivity contribution in [2.24, 2.45) is 0 Å². The maximum atomic E-state index is 11.8. The van der Waals surface area contributed by atoms with Crippen molar-refractivity contribution in [3.8, 4) is 11.4 Å². The zero-order valence-corrected chi connectivity index (χ0v) is 11.3. The van der Waals surface area contributed by atoms with Crippen LogP contribution in [0.4, 0.5) is 0 Å². The van der Waals surface area contributed by atoms with Gasteiger partial charge in [0.25, 0.3) is 0 Å². The Morgan fingerprint density at radius 3 is 2.90 bits per heavy atom. The standard InChI is InChI=1S/C15H11N5O/c1-10(21)20-9-12(11-4-2-3-5-13(11)20)15-18-17-14-8-16-6-7-19(14)15/h2-9H,1H3. The Morgan fingerprint density at radius 2 is 2.05 bits per heavy atom. The molecule has 0 aliphatic rings. The molecule has 0 N–H and O–H groups in total. The number of hydrogen-bond acceptors (Lipinski definition) is 4. The number of hydrogen-bond donors (Lipinski definition) is 0. The predicted octanol–water partition coefficient (Wildman–Crippen LogP) is 2.41. The minimum Gasteiger partial charge on any atom is -0.287 e. The first-order valence-corrected chi connectivity index (χ1v) is 6.52. The lowest BCUT2D eigenvalue weighted by molar-refractivity contribution is 0.0942. The molecule has 102 valence electrons. The molecule has 0 atom stereocenters. The highest BCUT2D eigenvalue weighted by atomic mass is 16.1. The fourth-order valence-electron chi connectivity index (χ4n) is 2.56. The first-order valence-electron chi connectivity index (χ1n) is 6.52. The maximum absolute atomic E-state index is 11.8. The Bertz CT molecular complexity index is 982. The van der Waals surface area contributed by atoms with Crippen molar-refractivity contribution in [2.75, 3.05) is 0 Å². The molecule has 0 unspecified atom stereocenters. The molecule has 1 aromatic carbocycles. The van der Waals surface area contributed by atoms with E-state index in [0.29, 0.717) is 11.5 Å². The van der Waals surface area contributed by atoms with Gasteiger partial charge in [0.1, 0.15) is 0 Å². The van der Waals surface area contributed by atoms with Gasteiger partial charge in [0, 0.05) is 36.5 Å². The van der Waals surface area contributed by atoms with Crippen molar-refractivity contribution in [1.29, 1.82) is 0 Å². The van der Waals surface area contributed by atoms with Gasteiger partial charge in [-0.2, -0.15) is 0 Å². The molecule has 0 saturated carbocycles. The minimum atomic E-state index is -0.0343. The highest BCUT2D eigenvalue weighted by Crippen LogP contribution is 2.29. The lowest BCUT2D eigenvalue weighted by Gasteiger charge is -1.97. The Hall–Kier alpha value is -3.02. The smallest absolute Gasteiger partial charge is 0.227 e. The largest absolute Gasteiger partial charge is 0.287 e. The lowest BCUT2D eigenvalue weighted by atomic mass is 10.1. The summed E-state index contributed by atoms with van der Waals surface area (Å²) in [5, 5.41) is 9.32. The molecule has 6 heteroatoms. The highest BCUT2D eigenvalue weighted by molar-refractivity contribution is 6.00. The van der Waals surface area contributed by atoms with E-state index in [1.165, 1.54) is 0 Å². The normalized spacial score (nSPS) is 11.3. The van der Waals surface area contributed by atoms with E-state index in [9.17, 15) is 4.79 Å². The maximum Gasteiger partial charge on any atom is 0.227 e. The van der Waals surface area contributed by atoms with Gasteiger partial charge in [0.05, 0.1) is 11.7 Å². The molecule has 21 heavy (non-hydrogen) atoms. The molecule has 4 aromatic rings. The number of carbonyl (C=O) groups is 1. The Kier molecular flexibility index (Phi) is 2.38. The summed E-state index contributed by atoms with van der Waals surface area (Å²) in [5.41, 5.74) is 2.41. The minimum absolute atomic E-state index is 0.0343. The van der Waals surface area contributed by atoms with Gasteiger partial charge >= 0.3 is 0 Å². The first-order chi connectivity index (χ1) is 10.3. The monoisotopic (exact) mass is 277 g/mol. The van der Waals surface area contributed by atoms with Gasteiger partial charge in [-0.15, -0.1) is 10.2 Å². The number of carbonyl (C=O) groups excluding carboxylic acids is 1. The van der Waals surface area contributed by atoms with Crippen LogP contribution in [0.3, 0.4) is 0 Å². The van der Waals surface area contributed by atoms with E-state index in [1.807, 2.05) is 41.1 Å². The second-order valence-electron chi connectivity index (χ2n) is 4.78. The topological polar surface area (TPSA) is 65.1 Å². The van der Waals surface area contributed by atoms with Crippen molar-refractivity contribution >= 4 is 22.5 Å². The van der Waals surface area contributed by atoms with Crippen LogP contribution >= 0.6 is 0 Å². The van der Waals surface area contributed by atoms with E-state index < -0.39 is 0 Å². The van der Waals surface area contributed by atoms with Crippen LogP contribution < -0.4 is 0 Å². The summed E-state index contributed by atoms with van der Waals surface area (Å²) in [6.45, 7) is 1.54. The summed E-state index contributed by atoms with van der Waals surface area (Å²) in [5.74, 6) is 0.663. The van der Waals surface area contributed by atoms with Crippen molar-refractivity contribution in [3.63, 3.8) is 0 Å². The summed E-state index contributed by atoms with van der Waals surface area (Å²) in [4.78, 5) is 15.8. The van der Waals surface area contributed by atoms with E-state index in [4.69, 9.17) is 0 Å². The van der Waals surface area contributed by atoms with E-state index in [0.717, 1.165) is 16.5 Å². The molecular formula is C15H11N5O. The first kappa shape index (κ1) is 11.8. The molecule has 6 nitrogen and oxygen atoms in total. The summed E-state index contributed by atoms with van der Waals surface area (Å²) >= 11 is 0. The number of benzene rings is 1. The molecule has 3 heterocycles. The van der Waals surface area contributed by atoms with Crippen molar-refractivity contribution < 1.29 is 4.79 Å². The van der Waals surface area contributed by atoms with Crippen molar-refractivity contribution in [3.05, 3.63) is 49.1 Å². The molecule has 0 bridgehead atoms. The second-order valence-corrected chi connectivity index (χ2v) is 4.78. The van der Waals surface area contributed by atoms with E-state index in [-0.39, 0.29) is 5.91 Å². The summed E-state index contributed by atoms with van der Waals surface area (Å²) in [6.07, 6.45) is 6.96. The highest BCUT2D eigenvalue weighted by Gasteiger charge is 2.16. The van der Waals surface area contributed by atoms with Gasteiger partial charge in [0.2, 0.25) is 5.91 Å². The molecule has 0 radical (unpaired) electrons. The summed E-state index contributed by atoms with van der Waals surface area (Å²) in [6, 6.07) is 7.76. The van der Waals surface area contributed by atoms with E-state index >= 15 is 0 Å². The van der Waals surface area contributed by atoms with Gasteiger partial charge in [-0.05, 0) is 6.07 Å². The number of para-hydroxylation sites is 1. The third-order valence-electron chi connectivity index (χ3n) is 3.51. The molecule has 0 saturated heterocycles. The van der Waals surface area contributed by atoms with Gasteiger partial charge < -0.3 is 0 Å². The van der Waals surface area contributed by atoms with E-state index in [2.05, 4.69) is 15.2 Å². The zero-order valence-electron chi connectivity index (χ0n) is 11.3. The van der Waals surface area contributed by atoms with Crippen LogP contribution in [0, 0.1) is 0 Å². The number of aromatic nitrogens is 5. The summed E-state index contributed by atoms with van der Waals surface area (Å²) in [7, 11) is 0. The number of rotatable bonds is 1. The van der Waals surface area contributed by atoms with Gasteiger partial charge in [0.15, 0.2) is 11.5 Å². The fraction of sp³-hybridized carbons (Fsp3) is 0.0667. The number of fused-ring (bicyclic) bond motifs is 2. The average Bonchev–Trinajstić information content (AvgIpc) is 3.08. The van der Waals surface area contributed by atoms with Crippen LogP contribution in [0.1, 0.15) is 11.7 Å². The zero-order chi connectivity index (χ0) is 14.4. The van der Waals surface area contributed by atoms with E-state index in [1.54, 1.807) is 23.9 Å². The third kappa shape index (κ3) is 1.66. The SMILES string of the molecule is CC(=O)n1cc(-c2nnc3cnccn23)c2ccccc21. The molecule has 0 fully saturated rings. The molecule has 0 spiro atoms. The van der Waals surface area contributed by atoms with Crippen molar-refractivity contribution in [1.82, 2.24) is 24.1 Å². The molecule has 0 aliphatic carbocycles. The molecule has 0 amide bonds. The number of nitrogens with zero attached hydrogens (tertiary/aromatic N) is 5. The van der Waals surface area contributed by atoms with Crippen LogP contribution in [0.15, 0.2) is 49.1 Å². The van der Waals surface area contributed by atoms with Crippen LogP contribution in [0.5, 0.6) is 0 Å². The second kappa shape index (κ2) is 4.24. The van der Waals surface area contributed by atoms with Gasteiger partial charge in [-0.3, -0.25) is 18.7 Å². The Morgan fingerprint density at radius 1 is 1.19 bits per heavy atom. The Balaban J connectivity index is 2.09. The van der Waals surface area contributed by atoms with Crippen molar-refractivity contribution in [2.45, 2.75) is 6.92 Å².